The molecule has 7 N–H and O–H groups in total. The van der Waals surface area contributed by atoms with Crippen LogP contribution in [0.4, 0.5) is 0 Å². The van der Waals surface area contributed by atoms with Crippen LogP contribution >= 0.6 is 11.6 Å². The van der Waals surface area contributed by atoms with Crippen molar-refractivity contribution in [2.24, 2.45) is 34.6 Å². The van der Waals surface area contributed by atoms with Gasteiger partial charge in [0.25, 0.3) is 0 Å². The summed E-state index contributed by atoms with van der Waals surface area (Å²) in [5, 5.41) is 10.4. The minimum absolute atomic E-state index is 0.0262. The minimum atomic E-state index is -0.792. The molecule has 2 aliphatic heterocycles. The number of ether oxygens (including phenoxy) is 2. The molecule has 4 unspecified atom stereocenters. The Morgan fingerprint density at radius 1 is 1.15 bits per heavy atom. The van der Waals surface area contributed by atoms with Crippen molar-refractivity contribution in [2.45, 2.75) is 108 Å². The van der Waals surface area contributed by atoms with Gasteiger partial charge < -0.3 is 36.9 Å². The van der Waals surface area contributed by atoms with E-state index in [4.69, 9.17) is 32.5 Å². The number of carbonyl (C=O) groups is 1. The second-order valence-electron chi connectivity index (χ2n) is 12.5. The average molecular weight is 570 g/mol. The number of amides is 1. The van der Waals surface area contributed by atoms with Gasteiger partial charge in [-0.25, -0.2) is 0 Å². The van der Waals surface area contributed by atoms with Crippen LogP contribution in [-0.2, 0) is 14.3 Å². The van der Waals surface area contributed by atoms with E-state index in [2.05, 4.69) is 29.8 Å². The number of hydrogen-bond acceptors (Lipinski definition) is 7. The number of alkyl halides is 1. The van der Waals surface area contributed by atoms with Crippen LogP contribution in [-0.4, -0.2) is 63.4 Å². The largest absolute Gasteiger partial charge is 0.493 e. The third-order valence-corrected chi connectivity index (χ3v) is 9.62. The Labute approximate surface area is 242 Å². The van der Waals surface area contributed by atoms with Crippen LogP contribution < -0.4 is 27.4 Å². The number of rotatable bonds is 13. The first-order valence-corrected chi connectivity index (χ1v) is 16.0. The van der Waals surface area contributed by atoms with Gasteiger partial charge in [-0.2, -0.15) is 0 Å². The summed E-state index contributed by atoms with van der Waals surface area (Å²) in [5.74, 6) is 0.987. The van der Waals surface area contributed by atoms with Gasteiger partial charge in [-0.3, -0.25) is 4.79 Å². The van der Waals surface area contributed by atoms with E-state index in [1.54, 1.807) is 7.11 Å². The van der Waals surface area contributed by atoms with Gasteiger partial charge in [0.05, 0.1) is 24.4 Å². The highest BCUT2D eigenvalue weighted by Crippen LogP contribution is 2.39. The Balaban J connectivity index is 1.82. The summed E-state index contributed by atoms with van der Waals surface area (Å²) in [4.78, 5) is 14.0. The Morgan fingerprint density at radius 2 is 1.92 bits per heavy atom. The molecule has 8 nitrogen and oxygen atoms in total. The molecule has 5 atom stereocenters. The molecule has 39 heavy (non-hydrogen) atoms. The number of nitrogens with two attached hydrogens (primary N) is 2. The highest BCUT2D eigenvalue weighted by atomic mass is 35.5. The molecular weight excluding hydrogens is 514 g/mol. The maximum atomic E-state index is 14.0. The van der Waals surface area contributed by atoms with Gasteiger partial charge >= 0.3 is 0 Å². The lowest BCUT2D eigenvalue weighted by Crippen LogP contribution is -2.58. The molecular formula is C30H56ClN5O3. The molecule has 1 amide bonds. The topological polar surface area (TPSA) is 124 Å². The van der Waals surface area contributed by atoms with Crippen molar-refractivity contribution in [3.05, 3.63) is 11.5 Å². The predicted octanol–water partition coefficient (Wildman–Crippen LogP) is 3.97. The molecule has 3 aliphatic rings. The second-order valence-corrected chi connectivity index (χ2v) is 13.2. The quantitative estimate of drug-likeness (QED) is 0.129. The zero-order valence-corrected chi connectivity index (χ0v) is 25.5. The van der Waals surface area contributed by atoms with E-state index in [9.17, 15) is 4.79 Å². The van der Waals surface area contributed by atoms with Gasteiger partial charge in [0.2, 0.25) is 5.91 Å². The van der Waals surface area contributed by atoms with Crippen molar-refractivity contribution in [1.29, 1.82) is 0 Å². The number of halogens is 1. The summed E-state index contributed by atoms with van der Waals surface area (Å²) in [5.41, 5.74) is 13.6. The normalized spacial score (nSPS) is 30.1. The summed E-state index contributed by atoms with van der Waals surface area (Å²) in [7, 11) is 1.68. The first-order chi connectivity index (χ1) is 18.8. The lowest BCUT2D eigenvalue weighted by molar-refractivity contribution is -0.126. The monoisotopic (exact) mass is 569 g/mol. The first-order valence-electron chi connectivity index (χ1n) is 15.5. The first kappa shape index (κ1) is 32.6. The van der Waals surface area contributed by atoms with Crippen LogP contribution in [0.3, 0.4) is 0 Å². The van der Waals surface area contributed by atoms with Crippen LogP contribution in [0.2, 0.25) is 0 Å². The van der Waals surface area contributed by atoms with Crippen molar-refractivity contribution < 1.29 is 14.3 Å². The van der Waals surface area contributed by atoms with Crippen LogP contribution in [0.5, 0.6) is 0 Å². The van der Waals surface area contributed by atoms with Crippen LogP contribution in [0.25, 0.3) is 0 Å². The van der Waals surface area contributed by atoms with Crippen molar-refractivity contribution in [3.8, 4) is 0 Å². The molecule has 3 rings (SSSR count). The smallest absolute Gasteiger partial charge is 0.231 e. The third kappa shape index (κ3) is 9.86. The molecule has 0 aromatic carbocycles. The standard InChI is InChI=1S/C30H56ClN5O3/c1-4-5-9-13-30(2)14-12-22(31)18-35-24(17-30)26(28(32)33)29(37)36-25-20-34-19-23(21-10-7-6-8-11-21)27(25)39-16-15-38-3/h21-24,26,28,34-35H,4-20,32-33H2,1-3H3,(H,36,37)/t22?,23?,24?,26?,30-/m1/s1. The van der Waals surface area contributed by atoms with E-state index < -0.39 is 12.1 Å². The molecule has 226 valence electrons. The zero-order valence-electron chi connectivity index (χ0n) is 24.7. The summed E-state index contributed by atoms with van der Waals surface area (Å²) >= 11 is 6.67. The lowest BCUT2D eigenvalue weighted by Gasteiger charge is -2.41. The number of unbranched alkanes of at least 4 members (excludes halogenated alkanes) is 2. The fourth-order valence-electron chi connectivity index (χ4n) is 6.94. The fraction of sp³-hybridized carbons (Fsp3) is 0.900. The van der Waals surface area contributed by atoms with Crippen LogP contribution in [0, 0.1) is 23.2 Å². The molecule has 9 heteroatoms. The summed E-state index contributed by atoms with van der Waals surface area (Å²) in [6.45, 7) is 7.61. The van der Waals surface area contributed by atoms with E-state index in [-0.39, 0.29) is 28.7 Å². The molecule has 1 saturated carbocycles. The molecule has 2 heterocycles. The maximum Gasteiger partial charge on any atom is 0.231 e. The van der Waals surface area contributed by atoms with Gasteiger partial charge in [0.15, 0.2) is 0 Å². The van der Waals surface area contributed by atoms with E-state index in [1.165, 1.54) is 51.4 Å². The predicted molar refractivity (Wildman–Crippen MR) is 159 cm³/mol. The van der Waals surface area contributed by atoms with E-state index in [1.807, 2.05) is 0 Å². The van der Waals surface area contributed by atoms with Crippen molar-refractivity contribution in [2.75, 3.05) is 40.0 Å². The Hall–Kier alpha value is -0.900. The minimum Gasteiger partial charge on any atom is -0.493 e. The van der Waals surface area contributed by atoms with E-state index in [0.717, 1.165) is 43.7 Å². The molecule has 0 bridgehead atoms. The van der Waals surface area contributed by atoms with Gasteiger partial charge in [-0.05, 0) is 49.9 Å². The maximum absolute atomic E-state index is 14.0. The van der Waals surface area contributed by atoms with Crippen molar-refractivity contribution >= 4 is 17.5 Å². The van der Waals surface area contributed by atoms with E-state index in [0.29, 0.717) is 32.2 Å². The summed E-state index contributed by atoms with van der Waals surface area (Å²) < 4.78 is 11.6. The summed E-state index contributed by atoms with van der Waals surface area (Å²) in [6.07, 6.45) is 13.0. The SMILES string of the molecule is CCCCC[C@]1(C)CCC(Cl)CNC(C(C(=O)NC2=C(OCCOC)C(C3CCCCC3)CNC2)C(N)N)C1. The van der Waals surface area contributed by atoms with Gasteiger partial charge in [-0.15, -0.1) is 11.6 Å². The highest BCUT2D eigenvalue weighted by molar-refractivity contribution is 6.20. The van der Waals surface area contributed by atoms with Gasteiger partial charge in [-0.1, -0.05) is 52.4 Å². The molecule has 1 aliphatic carbocycles. The zero-order chi connectivity index (χ0) is 28.3. The molecule has 2 fully saturated rings. The van der Waals surface area contributed by atoms with Crippen LogP contribution in [0.1, 0.15) is 90.9 Å². The molecule has 0 radical (unpaired) electrons. The molecule has 0 aromatic heterocycles. The molecule has 0 aromatic rings. The number of nitrogens with one attached hydrogen (secondary N) is 3. The Morgan fingerprint density at radius 3 is 2.62 bits per heavy atom. The van der Waals surface area contributed by atoms with Crippen molar-refractivity contribution in [1.82, 2.24) is 16.0 Å². The highest BCUT2D eigenvalue weighted by Gasteiger charge is 2.40. The van der Waals surface area contributed by atoms with Gasteiger partial charge in [0.1, 0.15) is 12.4 Å². The number of carbonyl (C=O) groups excluding carboxylic acids is 1. The molecule has 1 saturated heterocycles. The Bertz CT molecular complexity index is 776. The van der Waals surface area contributed by atoms with Gasteiger partial charge in [0, 0.05) is 44.1 Å². The number of methoxy groups -OCH3 is 1. The van der Waals surface area contributed by atoms with Crippen molar-refractivity contribution in [3.63, 3.8) is 0 Å². The van der Waals surface area contributed by atoms with E-state index >= 15 is 0 Å². The molecule has 0 spiro atoms. The average Bonchev–Trinajstić information content (AvgIpc) is 2.91. The number of hydrogen-bond donors (Lipinski definition) is 5. The lowest BCUT2D eigenvalue weighted by atomic mass is 9.71. The third-order valence-electron chi connectivity index (χ3n) is 9.25. The fourth-order valence-corrected chi connectivity index (χ4v) is 7.14. The summed E-state index contributed by atoms with van der Waals surface area (Å²) in [6, 6.07) is -0.151. The van der Waals surface area contributed by atoms with Crippen LogP contribution in [0.15, 0.2) is 11.5 Å². The second kappa shape index (κ2) is 16.5. The Kier molecular flexibility index (Phi) is 13.8.